The fraction of sp³-hybridized carbons (Fsp3) is 0.609. The summed E-state index contributed by atoms with van der Waals surface area (Å²) >= 11 is 0. The molecule has 16 heteroatoms. The Morgan fingerprint density at radius 3 is 2.21 bits per heavy atom. The Kier molecular flexibility index (Phi) is 8.13. The van der Waals surface area contributed by atoms with Crippen LogP contribution in [0, 0.1) is 0 Å². The van der Waals surface area contributed by atoms with Crippen LogP contribution in [0.2, 0.25) is 0 Å². The third-order valence-corrected chi connectivity index (χ3v) is 9.05. The van der Waals surface area contributed by atoms with Crippen molar-refractivity contribution in [3.05, 3.63) is 41.1 Å². The van der Waals surface area contributed by atoms with Crippen molar-refractivity contribution >= 4 is 15.8 Å². The lowest BCUT2D eigenvalue weighted by Gasteiger charge is -2.49. The molecule has 2 aliphatic rings. The molecule has 2 aromatic rings. The molecule has 39 heavy (non-hydrogen) atoms. The van der Waals surface area contributed by atoms with Crippen LogP contribution in [0.1, 0.15) is 47.2 Å². The second-order valence-electron chi connectivity index (χ2n) is 9.64. The normalized spacial score (nSPS) is 19.8. The number of alkyl halides is 6. The number of aromatic nitrogens is 3. The van der Waals surface area contributed by atoms with Crippen molar-refractivity contribution in [2.75, 3.05) is 39.4 Å². The molecule has 0 saturated carbocycles. The third kappa shape index (κ3) is 6.28. The number of rotatable bonds is 7. The second kappa shape index (κ2) is 10.8. The van der Waals surface area contributed by atoms with Crippen LogP contribution in [-0.2, 0) is 34.2 Å². The van der Waals surface area contributed by atoms with E-state index in [1.165, 1.54) is 15.2 Å². The van der Waals surface area contributed by atoms with Gasteiger partial charge in [0.1, 0.15) is 0 Å². The van der Waals surface area contributed by atoms with Crippen LogP contribution >= 0.6 is 0 Å². The number of carbonyl (C=O) groups is 1. The van der Waals surface area contributed by atoms with Gasteiger partial charge in [-0.2, -0.15) is 30.6 Å². The number of sulfonamides is 1. The molecule has 0 aliphatic carbocycles. The number of carbonyl (C=O) groups excluding carboxylic acids is 1. The van der Waals surface area contributed by atoms with Gasteiger partial charge in [0.15, 0.2) is 5.78 Å². The van der Waals surface area contributed by atoms with Gasteiger partial charge in [-0.05, 0) is 31.4 Å². The van der Waals surface area contributed by atoms with E-state index >= 15 is 0 Å². The van der Waals surface area contributed by atoms with Gasteiger partial charge in [-0.15, -0.1) is 5.10 Å². The smallest absolute Gasteiger partial charge is 0.381 e. The fourth-order valence-electron chi connectivity index (χ4n) is 5.13. The minimum absolute atomic E-state index is 0.0335. The molecule has 0 spiro atoms. The summed E-state index contributed by atoms with van der Waals surface area (Å²) in [5.74, 6) is -0.911. The summed E-state index contributed by atoms with van der Waals surface area (Å²) < 4.78 is 114. The molecule has 0 bridgehead atoms. The first-order chi connectivity index (χ1) is 18.1. The molecule has 2 fully saturated rings. The summed E-state index contributed by atoms with van der Waals surface area (Å²) in [5, 5.41) is 7.16. The van der Waals surface area contributed by atoms with Gasteiger partial charge in [0, 0.05) is 64.0 Å². The zero-order valence-corrected chi connectivity index (χ0v) is 21.7. The number of hydrogen-bond acceptors (Lipinski definition) is 7. The number of hydrogen-bond donors (Lipinski definition) is 0. The minimum atomic E-state index is -5.15. The molecule has 216 valence electrons. The van der Waals surface area contributed by atoms with E-state index in [4.69, 9.17) is 4.74 Å². The number of halogens is 6. The number of piperazine rings is 1. The highest BCUT2D eigenvalue weighted by atomic mass is 32.2. The fourth-order valence-corrected chi connectivity index (χ4v) is 6.47. The van der Waals surface area contributed by atoms with Crippen LogP contribution in [0.15, 0.2) is 29.4 Å². The van der Waals surface area contributed by atoms with Crippen molar-refractivity contribution in [2.45, 2.75) is 48.6 Å². The maximum absolute atomic E-state index is 13.6. The molecule has 0 radical (unpaired) electrons. The zero-order chi connectivity index (χ0) is 28.6. The molecule has 0 amide bonds. The first-order valence-electron chi connectivity index (χ1n) is 12.1. The van der Waals surface area contributed by atoms with Crippen molar-refractivity contribution in [3.63, 3.8) is 0 Å². The quantitative estimate of drug-likeness (QED) is 0.364. The van der Waals surface area contributed by atoms with Gasteiger partial charge >= 0.3 is 12.4 Å². The first-order valence-corrected chi connectivity index (χ1v) is 13.6. The molecule has 3 heterocycles. The Hall–Kier alpha value is -2.56. The van der Waals surface area contributed by atoms with Gasteiger partial charge < -0.3 is 4.74 Å². The van der Waals surface area contributed by atoms with Gasteiger partial charge in [-0.3, -0.25) is 14.4 Å². The maximum Gasteiger partial charge on any atom is 0.417 e. The number of ether oxygens (including phenoxy) is 1. The Morgan fingerprint density at radius 1 is 1.03 bits per heavy atom. The molecule has 2 saturated heterocycles. The SMILES string of the molecule is Cn1cc(S(=O)(=O)N2CCN(C3(CCC(=O)c4ccc(C(F)(F)F)cc4C(F)(F)F)CCOCC3)CC2)nn1. The third-order valence-electron chi connectivity index (χ3n) is 7.29. The van der Waals surface area contributed by atoms with E-state index in [2.05, 4.69) is 10.3 Å². The average Bonchev–Trinajstić information content (AvgIpc) is 3.33. The van der Waals surface area contributed by atoms with Crippen molar-refractivity contribution in [2.24, 2.45) is 7.05 Å². The maximum atomic E-state index is 13.6. The lowest BCUT2D eigenvalue weighted by atomic mass is 9.81. The van der Waals surface area contributed by atoms with Gasteiger partial charge in [0.05, 0.1) is 17.3 Å². The largest absolute Gasteiger partial charge is 0.417 e. The van der Waals surface area contributed by atoms with Crippen LogP contribution in [0.25, 0.3) is 0 Å². The second-order valence-corrected chi connectivity index (χ2v) is 11.5. The molecule has 2 aliphatic heterocycles. The van der Waals surface area contributed by atoms with Crippen LogP contribution in [-0.4, -0.2) is 83.3 Å². The Labute approximate surface area is 220 Å². The molecular weight excluding hydrogens is 556 g/mol. The molecule has 0 unspecified atom stereocenters. The highest BCUT2D eigenvalue weighted by Crippen LogP contribution is 2.39. The summed E-state index contributed by atoms with van der Waals surface area (Å²) in [6.07, 6.45) is -8.09. The molecule has 4 rings (SSSR count). The number of aryl methyl sites for hydroxylation is 1. The highest BCUT2D eigenvalue weighted by molar-refractivity contribution is 7.89. The van der Waals surface area contributed by atoms with Crippen LogP contribution in [0.4, 0.5) is 26.3 Å². The standard InChI is InChI=1S/C23H27F6N5O4S/c1-32-15-20(30-31-32)39(36,37)34-10-8-33(9-11-34)21(6-12-38-13-7-21)5-4-19(35)17-3-2-16(22(24,25)26)14-18(17)23(27,28)29/h2-3,14-15H,4-13H2,1H3. The molecule has 1 aromatic carbocycles. The summed E-state index contributed by atoms with van der Waals surface area (Å²) in [6, 6.07) is 1.03. The summed E-state index contributed by atoms with van der Waals surface area (Å²) in [5.41, 5.74) is -4.55. The molecule has 9 nitrogen and oxygen atoms in total. The van der Waals surface area contributed by atoms with E-state index in [1.54, 1.807) is 7.05 Å². The molecule has 0 atom stereocenters. The monoisotopic (exact) mass is 583 g/mol. The average molecular weight is 584 g/mol. The molecular formula is C23H27F6N5O4S. The Bertz CT molecular complexity index is 1300. The molecule has 1 aromatic heterocycles. The lowest BCUT2D eigenvalue weighted by Crippen LogP contribution is -2.59. The van der Waals surface area contributed by atoms with E-state index in [-0.39, 0.29) is 37.0 Å². The van der Waals surface area contributed by atoms with Gasteiger partial charge in [-0.1, -0.05) is 11.3 Å². The van der Waals surface area contributed by atoms with Crippen molar-refractivity contribution < 1.29 is 44.3 Å². The van der Waals surface area contributed by atoms with Crippen LogP contribution in [0.3, 0.4) is 0 Å². The highest BCUT2D eigenvalue weighted by Gasteiger charge is 2.43. The Balaban J connectivity index is 1.50. The summed E-state index contributed by atoms with van der Waals surface area (Å²) in [4.78, 5) is 15.0. The van der Waals surface area contributed by atoms with Gasteiger partial charge in [-0.25, -0.2) is 8.42 Å². The molecule has 0 N–H and O–H groups in total. The van der Waals surface area contributed by atoms with E-state index in [1.807, 2.05) is 4.90 Å². The van der Waals surface area contributed by atoms with Crippen molar-refractivity contribution in [1.29, 1.82) is 0 Å². The van der Waals surface area contributed by atoms with Crippen molar-refractivity contribution in [3.8, 4) is 0 Å². The lowest BCUT2D eigenvalue weighted by molar-refractivity contribution is -0.143. The zero-order valence-electron chi connectivity index (χ0n) is 20.9. The first kappa shape index (κ1) is 29.4. The predicted molar refractivity (Wildman–Crippen MR) is 124 cm³/mol. The summed E-state index contributed by atoms with van der Waals surface area (Å²) in [7, 11) is -2.32. The number of benzene rings is 1. The van der Waals surface area contributed by atoms with E-state index in [0.717, 1.165) is 0 Å². The van der Waals surface area contributed by atoms with Crippen LogP contribution in [0.5, 0.6) is 0 Å². The van der Waals surface area contributed by atoms with E-state index in [0.29, 0.717) is 51.3 Å². The van der Waals surface area contributed by atoms with Gasteiger partial charge in [0.2, 0.25) is 5.03 Å². The predicted octanol–water partition coefficient (Wildman–Crippen LogP) is 3.37. The van der Waals surface area contributed by atoms with E-state index in [9.17, 15) is 39.6 Å². The summed E-state index contributed by atoms with van der Waals surface area (Å²) in [6.45, 7) is 1.57. The van der Waals surface area contributed by atoms with E-state index < -0.39 is 50.4 Å². The van der Waals surface area contributed by atoms with Crippen molar-refractivity contribution in [1.82, 2.24) is 24.2 Å². The number of nitrogens with zero attached hydrogens (tertiary/aromatic N) is 5. The van der Waals surface area contributed by atoms with Gasteiger partial charge in [0.25, 0.3) is 10.0 Å². The topological polar surface area (TPSA) is 97.6 Å². The number of ketones is 1. The van der Waals surface area contributed by atoms with Crippen LogP contribution < -0.4 is 0 Å². The Morgan fingerprint density at radius 2 is 1.67 bits per heavy atom. The number of Topliss-reactive ketones (excluding diaryl/α,β-unsaturated/α-hetero) is 1. The minimum Gasteiger partial charge on any atom is -0.381 e.